The van der Waals surface area contributed by atoms with E-state index in [1.54, 1.807) is 0 Å². The van der Waals surface area contributed by atoms with Crippen LogP contribution < -0.4 is 5.32 Å². The van der Waals surface area contributed by atoms with Gasteiger partial charge in [-0.25, -0.2) is 0 Å². The van der Waals surface area contributed by atoms with Crippen molar-refractivity contribution in [2.45, 2.75) is 44.7 Å². The highest BCUT2D eigenvalue weighted by Crippen LogP contribution is 2.38. The van der Waals surface area contributed by atoms with E-state index in [2.05, 4.69) is 83.6 Å². The summed E-state index contributed by atoms with van der Waals surface area (Å²) in [5.41, 5.74) is 4.19. The SMILES string of the molecule is Cc1ccc(C2CC(N[C@H](C)c3cccc(Br)c3)C2)cc1. The molecule has 2 heteroatoms. The van der Waals surface area contributed by atoms with Crippen LogP contribution in [0.5, 0.6) is 0 Å². The Labute approximate surface area is 135 Å². The lowest BCUT2D eigenvalue weighted by Crippen LogP contribution is -2.41. The average molecular weight is 344 g/mol. The molecule has 0 bridgehead atoms. The minimum atomic E-state index is 0.409. The van der Waals surface area contributed by atoms with Crippen LogP contribution in [0.2, 0.25) is 0 Å². The highest BCUT2D eigenvalue weighted by molar-refractivity contribution is 9.10. The molecule has 2 aromatic rings. The fraction of sp³-hybridized carbons (Fsp3) is 0.368. The first-order valence-electron chi connectivity index (χ1n) is 7.70. The van der Waals surface area contributed by atoms with Gasteiger partial charge in [0.25, 0.3) is 0 Å². The van der Waals surface area contributed by atoms with E-state index in [9.17, 15) is 0 Å². The van der Waals surface area contributed by atoms with Crippen LogP contribution in [0.15, 0.2) is 53.0 Å². The maximum atomic E-state index is 3.75. The van der Waals surface area contributed by atoms with Crippen molar-refractivity contribution < 1.29 is 0 Å². The Hall–Kier alpha value is -1.12. The van der Waals surface area contributed by atoms with E-state index in [1.807, 2.05) is 0 Å². The molecule has 1 saturated carbocycles. The topological polar surface area (TPSA) is 12.0 Å². The third-order valence-corrected chi connectivity index (χ3v) is 5.01. The largest absolute Gasteiger partial charge is 0.307 e. The van der Waals surface area contributed by atoms with Gasteiger partial charge in [-0.3, -0.25) is 0 Å². The molecule has 0 heterocycles. The monoisotopic (exact) mass is 343 g/mol. The zero-order valence-electron chi connectivity index (χ0n) is 12.6. The molecule has 110 valence electrons. The Morgan fingerprint density at radius 1 is 1.10 bits per heavy atom. The summed E-state index contributed by atoms with van der Waals surface area (Å²) in [5, 5.41) is 3.75. The van der Waals surface area contributed by atoms with Crippen LogP contribution in [0.25, 0.3) is 0 Å². The fourth-order valence-electron chi connectivity index (χ4n) is 3.09. The number of rotatable bonds is 4. The van der Waals surface area contributed by atoms with Crippen molar-refractivity contribution in [1.82, 2.24) is 5.32 Å². The standard InChI is InChI=1S/C19H22BrN/c1-13-6-8-15(9-7-13)17-11-19(12-17)21-14(2)16-4-3-5-18(20)10-16/h3-10,14,17,19,21H,11-12H2,1-2H3/t14-,17?,19?/m1/s1. The van der Waals surface area contributed by atoms with Crippen LogP contribution >= 0.6 is 15.9 Å². The number of aryl methyl sites for hydroxylation is 1. The molecule has 0 unspecified atom stereocenters. The minimum absolute atomic E-state index is 0.409. The molecular weight excluding hydrogens is 322 g/mol. The number of benzene rings is 2. The highest BCUT2D eigenvalue weighted by atomic mass is 79.9. The van der Waals surface area contributed by atoms with E-state index in [0.29, 0.717) is 12.1 Å². The average Bonchev–Trinajstić information content (AvgIpc) is 2.43. The van der Waals surface area contributed by atoms with Gasteiger partial charge in [0, 0.05) is 16.6 Å². The molecule has 2 aromatic carbocycles. The summed E-state index contributed by atoms with van der Waals surface area (Å²) in [6.07, 6.45) is 2.50. The van der Waals surface area contributed by atoms with E-state index in [-0.39, 0.29) is 0 Å². The van der Waals surface area contributed by atoms with E-state index in [1.165, 1.54) is 29.5 Å². The maximum absolute atomic E-state index is 3.75. The predicted molar refractivity (Wildman–Crippen MR) is 92.6 cm³/mol. The lowest BCUT2D eigenvalue weighted by atomic mass is 9.75. The third-order valence-electron chi connectivity index (χ3n) is 4.52. The molecule has 1 N–H and O–H groups in total. The second kappa shape index (κ2) is 6.33. The van der Waals surface area contributed by atoms with Gasteiger partial charge >= 0.3 is 0 Å². The summed E-state index contributed by atoms with van der Waals surface area (Å²) >= 11 is 3.55. The van der Waals surface area contributed by atoms with Crippen LogP contribution in [0.4, 0.5) is 0 Å². The molecule has 3 rings (SSSR count). The number of nitrogens with one attached hydrogen (secondary N) is 1. The van der Waals surface area contributed by atoms with Crippen LogP contribution in [0, 0.1) is 6.92 Å². The van der Waals surface area contributed by atoms with Crippen molar-refractivity contribution in [3.05, 3.63) is 69.7 Å². The molecular formula is C19H22BrN. The van der Waals surface area contributed by atoms with Crippen molar-refractivity contribution in [1.29, 1.82) is 0 Å². The molecule has 0 radical (unpaired) electrons. The normalized spacial score (nSPS) is 22.6. The summed E-state index contributed by atoms with van der Waals surface area (Å²) in [6, 6.07) is 18.6. The van der Waals surface area contributed by atoms with Crippen molar-refractivity contribution in [2.24, 2.45) is 0 Å². The first-order valence-corrected chi connectivity index (χ1v) is 8.49. The molecule has 1 aliphatic rings. The summed E-state index contributed by atoms with van der Waals surface area (Å²) in [6.45, 7) is 4.40. The molecule has 1 fully saturated rings. The van der Waals surface area contributed by atoms with Crippen molar-refractivity contribution >= 4 is 15.9 Å². The number of hydrogen-bond donors (Lipinski definition) is 1. The van der Waals surface area contributed by atoms with Crippen LogP contribution in [-0.4, -0.2) is 6.04 Å². The first kappa shape index (κ1) is 14.8. The van der Waals surface area contributed by atoms with Crippen LogP contribution in [0.3, 0.4) is 0 Å². The van der Waals surface area contributed by atoms with E-state index in [0.717, 1.165) is 10.4 Å². The van der Waals surface area contributed by atoms with Gasteiger partial charge in [0.15, 0.2) is 0 Å². The van der Waals surface area contributed by atoms with Gasteiger partial charge < -0.3 is 5.32 Å². The maximum Gasteiger partial charge on any atom is 0.0294 e. The molecule has 0 aromatic heterocycles. The van der Waals surface area contributed by atoms with Crippen LogP contribution in [-0.2, 0) is 0 Å². The Morgan fingerprint density at radius 2 is 1.81 bits per heavy atom. The van der Waals surface area contributed by atoms with E-state index >= 15 is 0 Å². The molecule has 1 nitrogen and oxygen atoms in total. The quantitative estimate of drug-likeness (QED) is 0.788. The summed E-state index contributed by atoms with van der Waals surface area (Å²) in [7, 11) is 0. The van der Waals surface area contributed by atoms with Crippen LogP contribution in [0.1, 0.15) is 48.4 Å². The highest BCUT2D eigenvalue weighted by Gasteiger charge is 2.30. The zero-order valence-corrected chi connectivity index (χ0v) is 14.2. The molecule has 0 amide bonds. The summed E-state index contributed by atoms with van der Waals surface area (Å²) in [4.78, 5) is 0. The predicted octanol–water partition coefficient (Wildman–Crippen LogP) is 5.35. The molecule has 0 spiro atoms. The van der Waals surface area contributed by atoms with Crippen molar-refractivity contribution in [2.75, 3.05) is 0 Å². The Morgan fingerprint density at radius 3 is 2.48 bits per heavy atom. The summed E-state index contributed by atoms with van der Waals surface area (Å²) in [5.74, 6) is 0.734. The first-order chi connectivity index (χ1) is 10.1. The van der Waals surface area contributed by atoms with Gasteiger partial charge in [0.05, 0.1) is 0 Å². The minimum Gasteiger partial charge on any atom is -0.307 e. The van der Waals surface area contributed by atoms with Gasteiger partial charge in [0.2, 0.25) is 0 Å². The lowest BCUT2D eigenvalue weighted by molar-refractivity contribution is 0.271. The molecule has 21 heavy (non-hydrogen) atoms. The zero-order chi connectivity index (χ0) is 14.8. The van der Waals surface area contributed by atoms with Gasteiger partial charge in [-0.05, 0) is 55.9 Å². The fourth-order valence-corrected chi connectivity index (χ4v) is 3.51. The molecule has 1 aliphatic carbocycles. The number of hydrogen-bond acceptors (Lipinski definition) is 1. The number of halogens is 1. The van der Waals surface area contributed by atoms with Gasteiger partial charge in [0.1, 0.15) is 0 Å². The van der Waals surface area contributed by atoms with E-state index in [4.69, 9.17) is 0 Å². The summed E-state index contributed by atoms with van der Waals surface area (Å²) < 4.78 is 1.15. The van der Waals surface area contributed by atoms with Gasteiger partial charge in [-0.2, -0.15) is 0 Å². The van der Waals surface area contributed by atoms with Crippen molar-refractivity contribution in [3.8, 4) is 0 Å². The Bertz CT molecular complexity index is 599. The van der Waals surface area contributed by atoms with Gasteiger partial charge in [-0.15, -0.1) is 0 Å². The molecule has 1 atom stereocenters. The third kappa shape index (κ3) is 3.56. The Balaban J connectivity index is 1.54. The lowest BCUT2D eigenvalue weighted by Gasteiger charge is -2.38. The van der Waals surface area contributed by atoms with E-state index < -0.39 is 0 Å². The molecule has 0 aliphatic heterocycles. The van der Waals surface area contributed by atoms with Crippen molar-refractivity contribution in [3.63, 3.8) is 0 Å². The molecule has 0 saturated heterocycles. The second-order valence-electron chi connectivity index (χ2n) is 6.22. The Kier molecular flexibility index (Phi) is 4.46. The smallest absolute Gasteiger partial charge is 0.0294 e. The van der Waals surface area contributed by atoms with Gasteiger partial charge in [-0.1, -0.05) is 57.9 Å². The second-order valence-corrected chi connectivity index (χ2v) is 7.13.